The first-order chi connectivity index (χ1) is 8.58. The molecule has 0 radical (unpaired) electrons. The number of anilines is 2. The first-order valence-corrected chi connectivity index (χ1v) is 6.29. The summed E-state index contributed by atoms with van der Waals surface area (Å²) in [5, 5.41) is 2.81. The number of hydrogen-bond donors (Lipinski definition) is 2. The number of benzene rings is 2. The molecule has 0 aromatic heterocycles. The highest BCUT2D eigenvalue weighted by atomic mass is 79.9. The SMILES string of the molecule is Cc1ccc(Br)cc1C(=O)Nc1ccccc1N. The van der Waals surface area contributed by atoms with Gasteiger partial charge in [0.15, 0.2) is 0 Å². The van der Waals surface area contributed by atoms with E-state index in [4.69, 9.17) is 5.73 Å². The number of nitrogens with one attached hydrogen (secondary N) is 1. The second kappa shape index (κ2) is 5.23. The lowest BCUT2D eigenvalue weighted by atomic mass is 10.1. The van der Waals surface area contributed by atoms with Crippen LogP contribution in [0.3, 0.4) is 0 Å². The number of amides is 1. The smallest absolute Gasteiger partial charge is 0.256 e. The number of nitrogens with two attached hydrogens (primary N) is 1. The van der Waals surface area contributed by atoms with Crippen LogP contribution in [0, 0.1) is 6.92 Å². The number of para-hydroxylation sites is 2. The molecular weight excluding hydrogens is 292 g/mol. The molecule has 0 unspecified atom stereocenters. The third kappa shape index (κ3) is 2.71. The molecule has 0 aliphatic heterocycles. The van der Waals surface area contributed by atoms with Crippen molar-refractivity contribution in [1.82, 2.24) is 0 Å². The summed E-state index contributed by atoms with van der Waals surface area (Å²) in [6, 6.07) is 12.8. The normalized spacial score (nSPS) is 10.1. The molecule has 0 spiro atoms. The van der Waals surface area contributed by atoms with Gasteiger partial charge in [0.2, 0.25) is 0 Å². The summed E-state index contributed by atoms with van der Waals surface area (Å²) < 4.78 is 0.874. The highest BCUT2D eigenvalue weighted by Crippen LogP contribution is 2.20. The summed E-state index contributed by atoms with van der Waals surface area (Å²) in [6.07, 6.45) is 0. The fourth-order valence-corrected chi connectivity index (χ4v) is 2.00. The van der Waals surface area contributed by atoms with E-state index < -0.39 is 0 Å². The summed E-state index contributed by atoms with van der Waals surface area (Å²) in [5.41, 5.74) is 8.53. The zero-order chi connectivity index (χ0) is 13.1. The molecule has 18 heavy (non-hydrogen) atoms. The largest absolute Gasteiger partial charge is 0.397 e. The quantitative estimate of drug-likeness (QED) is 0.833. The Morgan fingerprint density at radius 1 is 1.22 bits per heavy atom. The van der Waals surface area contributed by atoms with Crippen molar-refractivity contribution in [3.63, 3.8) is 0 Å². The molecule has 2 aromatic rings. The summed E-state index contributed by atoms with van der Waals surface area (Å²) in [6.45, 7) is 1.90. The lowest BCUT2D eigenvalue weighted by Crippen LogP contribution is -2.14. The molecule has 92 valence electrons. The van der Waals surface area contributed by atoms with Gasteiger partial charge in [-0.25, -0.2) is 0 Å². The minimum atomic E-state index is -0.160. The number of rotatable bonds is 2. The molecule has 3 N–H and O–H groups in total. The van der Waals surface area contributed by atoms with Gasteiger partial charge in [-0.15, -0.1) is 0 Å². The molecule has 0 fully saturated rings. The Kier molecular flexibility index (Phi) is 3.67. The minimum absolute atomic E-state index is 0.160. The molecular formula is C14H13BrN2O. The molecule has 2 rings (SSSR count). The average Bonchev–Trinajstić information content (AvgIpc) is 2.35. The van der Waals surface area contributed by atoms with E-state index in [1.807, 2.05) is 31.2 Å². The van der Waals surface area contributed by atoms with Crippen LogP contribution in [0.1, 0.15) is 15.9 Å². The van der Waals surface area contributed by atoms with E-state index in [9.17, 15) is 4.79 Å². The van der Waals surface area contributed by atoms with Crippen LogP contribution >= 0.6 is 15.9 Å². The van der Waals surface area contributed by atoms with Crippen LogP contribution in [-0.4, -0.2) is 5.91 Å². The summed E-state index contributed by atoms with van der Waals surface area (Å²) in [4.78, 5) is 12.2. The number of nitrogen functional groups attached to an aromatic ring is 1. The molecule has 0 saturated heterocycles. The fraction of sp³-hybridized carbons (Fsp3) is 0.0714. The number of carbonyl (C=O) groups excluding carboxylic acids is 1. The molecule has 0 aliphatic rings. The number of aryl methyl sites for hydroxylation is 1. The Hall–Kier alpha value is -1.81. The molecule has 1 amide bonds. The van der Waals surface area contributed by atoms with Gasteiger partial charge in [0.25, 0.3) is 5.91 Å². The molecule has 0 heterocycles. The van der Waals surface area contributed by atoms with E-state index in [-0.39, 0.29) is 5.91 Å². The maximum absolute atomic E-state index is 12.2. The predicted molar refractivity (Wildman–Crippen MR) is 77.7 cm³/mol. The van der Waals surface area contributed by atoms with Crippen molar-refractivity contribution in [2.45, 2.75) is 6.92 Å². The predicted octanol–water partition coefficient (Wildman–Crippen LogP) is 3.59. The van der Waals surface area contributed by atoms with Crippen molar-refractivity contribution in [2.75, 3.05) is 11.1 Å². The van der Waals surface area contributed by atoms with Crippen molar-refractivity contribution in [3.05, 3.63) is 58.1 Å². The van der Waals surface area contributed by atoms with Gasteiger partial charge in [0, 0.05) is 10.0 Å². The zero-order valence-electron chi connectivity index (χ0n) is 9.91. The van der Waals surface area contributed by atoms with Crippen molar-refractivity contribution >= 4 is 33.2 Å². The Labute approximate surface area is 114 Å². The van der Waals surface area contributed by atoms with Crippen LogP contribution in [0.25, 0.3) is 0 Å². The van der Waals surface area contributed by atoms with E-state index in [0.29, 0.717) is 16.9 Å². The third-order valence-corrected chi connectivity index (χ3v) is 3.15. The van der Waals surface area contributed by atoms with Crippen LogP contribution in [0.15, 0.2) is 46.9 Å². The summed E-state index contributed by atoms with van der Waals surface area (Å²) in [5.74, 6) is -0.160. The molecule has 0 saturated carbocycles. The molecule has 2 aromatic carbocycles. The van der Waals surface area contributed by atoms with Gasteiger partial charge in [0.05, 0.1) is 11.4 Å². The monoisotopic (exact) mass is 304 g/mol. The van der Waals surface area contributed by atoms with Gasteiger partial charge in [-0.05, 0) is 36.8 Å². The Morgan fingerprint density at radius 2 is 1.94 bits per heavy atom. The first-order valence-electron chi connectivity index (χ1n) is 5.50. The van der Waals surface area contributed by atoms with E-state index >= 15 is 0 Å². The van der Waals surface area contributed by atoms with Gasteiger partial charge in [0.1, 0.15) is 0 Å². The molecule has 0 aliphatic carbocycles. The minimum Gasteiger partial charge on any atom is -0.397 e. The number of hydrogen-bond acceptors (Lipinski definition) is 2. The number of carbonyl (C=O) groups is 1. The van der Waals surface area contributed by atoms with Gasteiger partial charge >= 0.3 is 0 Å². The lowest BCUT2D eigenvalue weighted by Gasteiger charge is -2.10. The van der Waals surface area contributed by atoms with Crippen molar-refractivity contribution in [2.24, 2.45) is 0 Å². The highest BCUT2D eigenvalue weighted by Gasteiger charge is 2.10. The van der Waals surface area contributed by atoms with Crippen molar-refractivity contribution in [1.29, 1.82) is 0 Å². The van der Waals surface area contributed by atoms with Crippen molar-refractivity contribution < 1.29 is 4.79 Å². The van der Waals surface area contributed by atoms with Crippen LogP contribution < -0.4 is 11.1 Å². The standard InChI is InChI=1S/C14H13BrN2O/c1-9-6-7-10(15)8-11(9)14(18)17-13-5-3-2-4-12(13)16/h2-8H,16H2,1H3,(H,17,18). The highest BCUT2D eigenvalue weighted by molar-refractivity contribution is 9.10. The Morgan fingerprint density at radius 3 is 2.67 bits per heavy atom. The van der Waals surface area contributed by atoms with Gasteiger partial charge in [-0.1, -0.05) is 34.1 Å². The van der Waals surface area contributed by atoms with Gasteiger partial charge < -0.3 is 11.1 Å². The summed E-state index contributed by atoms with van der Waals surface area (Å²) >= 11 is 3.36. The molecule has 4 heteroatoms. The maximum atomic E-state index is 12.2. The lowest BCUT2D eigenvalue weighted by molar-refractivity contribution is 0.102. The van der Waals surface area contributed by atoms with Crippen LogP contribution in [0.2, 0.25) is 0 Å². The maximum Gasteiger partial charge on any atom is 0.256 e. The Bertz CT molecular complexity index is 596. The van der Waals surface area contributed by atoms with E-state index in [1.165, 1.54) is 0 Å². The van der Waals surface area contributed by atoms with E-state index in [0.717, 1.165) is 10.0 Å². The van der Waals surface area contributed by atoms with E-state index in [1.54, 1.807) is 18.2 Å². The van der Waals surface area contributed by atoms with Crippen LogP contribution in [0.4, 0.5) is 11.4 Å². The zero-order valence-corrected chi connectivity index (χ0v) is 11.5. The fourth-order valence-electron chi connectivity index (χ4n) is 1.64. The van der Waals surface area contributed by atoms with Gasteiger partial charge in [-0.2, -0.15) is 0 Å². The molecule has 3 nitrogen and oxygen atoms in total. The average molecular weight is 305 g/mol. The van der Waals surface area contributed by atoms with Crippen LogP contribution in [0.5, 0.6) is 0 Å². The molecule has 0 bridgehead atoms. The summed E-state index contributed by atoms with van der Waals surface area (Å²) in [7, 11) is 0. The topological polar surface area (TPSA) is 55.1 Å². The van der Waals surface area contributed by atoms with Gasteiger partial charge in [-0.3, -0.25) is 4.79 Å². The Balaban J connectivity index is 2.28. The first kappa shape index (κ1) is 12.6. The third-order valence-electron chi connectivity index (χ3n) is 2.65. The van der Waals surface area contributed by atoms with Crippen molar-refractivity contribution in [3.8, 4) is 0 Å². The number of halogens is 1. The second-order valence-corrected chi connectivity index (χ2v) is 4.92. The second-order valence-electron chi connectivity index (χ2n) is 4.00. The molecule has 0 atom stereocenters. The van der Waals surface area contributed by atoms with E-state index in [2.05, 4.69) is 21.2 Å². The van der Waals surface area contributed by atoms with Crippen LogP contribution in [-0.2, 0) is 0 Å².